The summed E-state index contributed by atoms with van der Waals surface area (Å²) >= 11 is 1.43. The number of aliphatic imine (C=N–C) groups is 1. The van der Waals surface area contributed by atoms with Crippen LogP contribution in [0.25, 0.3) is 0 Å². The topological polar surface area (TPSA) is 66.8 Å². The van der Waals surface area contributed by atoms with Crippen LogP contribution >= 0.6 is 11.8 Å². The van der Waals surface area contributed by atoms with Crippen molar-refractivity contribution < 1.29 is 13.2 Å². The van der Waals surface area contributed by atoms with Gasteiger partial charge in [0.05, 0.1) is 17.5 Å². The van der Waals surface area contributed by atoms with Gasteiger partial charge in [0.15, 0.2) is 15.0 Å². The number of thioether (sulfide) groups is 1. The van der Waals surface area contributed by atoms with Gasteiger partial charge in [0, 0.05) is 17.4 Å². The van der Waals surface area contributed by atoms with Crippen LogP contribution in [0.1, 0.15) is 31.7 Å². The molecule has 130 valence electrons. The van der Waals surface area contributed by atoms with Crippen LogP contribution in [0.3, 0.4) is 0 Å². The third kappa shape index (κ3) is 3.52. The van der Waals surface area contributed by atoms with E-state index < -0.39 is 9.84 Å². The summed E-state index contributed by atoms with van der Waals surface area (Å²) in [5, 5.41) is 0.600. The molecule has 3 rings (SSSR count). The molecule has 2 atom stereocenters. The van der Waals surface area contributed by atoms with E-state index in [1.54, 1.807) is 0 Å². The molecule has 1 aromatic carbocycles. The number of hydrogen-bond donors (Lipinski definition) is 0. The summed E-state index contributed by atoms with van der Waals surface area (Å²) < 4.78 is 24.1. The normalized spacial score (nSPS) is 26.8. The van der Waals surface area contributed by atoms with E-state index in [0.29, 0.717) is 11.6 Å². The highest BCUT2D eigenvalue weighted by atomic mass is 32.2. The van der Waals surface area contributed by atoms with Crippen molar-refractivity contribution in [2.75, 3.05) is 16.4 Å². The quantitative estimate of drug-likeness (QED) is 0.820. The molecule has 2 heterocycles. The summed E-state index contributed by atoms with van der Waals surface area (Å²) in [5.41, 5.74) is 1.99. The van der Waals surface area contributed by atoms with E-state index in [2.05, 4.69) is 4.99 Å². The van der Waals surface area contributed by atoms with E-state index in [-0.39, 0.29) is 28.7 Å². The van der Waals surface area contributed by atoms with Crippen LogP contribution in [-0.2, 0) is 14.6 Å². The lowest BCUT2D eigenvalue weighted by Gasteiger charge is -2.26. The fourth-order valence-electron chi connectivity index (χ4n) is 3.17. The smallest absolute Gasteiger partial charge is 0.248 e. The van der Waals surface area contributed by atoms with Crippen LogP contribution in [0.5, 0.6) is 0 Å². The minimum atomic E-state index is -3.03. The van der Waals surface area contributed by atoms with Crippen molar-refractivity contribution in [3.63, 3.8) is 0 Å². The molecule has 2 saturated heterocycles. The summed E-state index contributed by atoms with van der Waals surface area (Å²) in [6.45, 7) is 4.03. The predicted octanol–water partition coefficient (Wildman–Crippen LogP) is 2.79. The molecule has 0 aromatic heterocycles. The van der Waals surface area contributed by atoms with Gasteiger partial charge in [0.2, 0.25) is 5.91 Å². The van der Waals surface area contributed by atoms with Crippen LogP contribution < -0.4 is 4.90 Å². The first-order valence-electron chi connectivity index (χ1n) is 8.25. The molecule has 7 heteroatoms. The summed E-state index contributed by atoms with van der Waals surface area (Å²) in [4.78, 5) is 18.4. The van der Waals surface area contributed by atoms with Crippen molar-refractivity contribution in [3.8, 4) is 0 Å². The van der Waals surface area contributed by atoms with E-state index in [1.807, 2.05) is 43.0 Å². The molecule has 0 bridgehead atoms. The summed E-state index contributed by atoms with van der Waals surface area (Å²) in [6.07, 6.45) is 2.22. The summed E-state index contributed by atoms with van der Waals surface area (Å²) in [6, 6.07) is 7.70. The average molecular weight is 367 g/mol. The van der Waals surface area contributed by atoms with E-state index in [1.165, 1.54) is 11.8 Å². The van der Waals surface area contributed by atoms with Crippen LogP contribution in [0, 0.1) is 6.92 Å². The number of aryl methyl sites for hydroxylation is 1. The number of unbranched alkanes of at least 4 members (excludes halogenated alkanes) is 1. The number of fused-ring (bicyclic) bond motifs is 1. The number of anilines is 1. The number of carbonyl (C=O) groups excluding carboxylic acids is 1. The SMILES string of the molecule is CCCCC(=O)N=C1S[C@@H]2CS(=O)(=O)C[C@H]2N1c1ccccc1C. The number of amidine groups is 1. The molecule has 0 radical (unpaired) electrons. The number of benzene rings is 1. The molecule has 0 aliphatic carbocycles. The highest BCUT2D eigenvalue weighted by Gasteiger charge is 2.49. The Hall–Kier alpha value is -1.34. The Balaban J connectivity index is 1.96. The Morgan fingerprint density at radius 1 is 1.33 bits per heavy atom. The maximum Gasteiger partial charge on any atom is 0.248 e. The lowest BCUT2D eigenvalue weighted by Crippen LogP contribution is -2.38. The number of sulfone groups is 1. The van der Waals surface area contributed by atoms with Gasteiger partial charge in [-0.25, -0.2) is 8.42 Å². The molecular weight excluding hydrogens is 344 g/mol. The molecule has 1 amide bonds. The van der Waals surface area contributed by atoms with E-state index in [0.717, 1.165) is 24.1 Å². The third-order valence-electron chi connectivity index (χ3n) is 4.41. The zero-order valence-corrected chi connectivity index (χ0v) is 15.6. The molecule has 1 aromatic rings. The van der Waals surface area contributed by atoms with Crippen LogP contribution in [0.2, 0.25) is 0 Å². The predicted molar refractivity (Wildman–Crippen MR) is 99.4 cm³/mol. The monoisotopic (exact) mass is 366 g/mol. The van der Waals surface area contributed by atoms with Gasteiger partial charge >= 0.3 is 0 Å². The molecular formula is C17H22N2O3S2. The van der Waals surface area contributed by atoms with Crippen LogP contribution in [0.15, 0.2) is 29.3 Å². The van der Waals surface area contributed by atoms with Crippen molar-refractivity contribution in [2.45, 2.75) is 44.4 Å². The van der Waals surface area contributed by atoms with Gasteiger partial charge in [-0.05, 0) is 25.0 Å². The number of rotatable bonds is 4. The van der Waals surface area contributed by atoms with Gasteiger partial charge in [-0.1, -0.05) is 43.3 Å². The fraction of sp³-hybridized carbons (Fsp3) is 0.529. The van der Waals surface area contributed by atoms with Crippen molar-refractivity contribution in [3.05, 3.63) is 29.8 Å². The third-order valence-corrected chi connectivity index (χ3v) is 7.62. The first kappa shape index (κ1) is 17.5. The number of carbonyl (C=O) groups is 1. The fourth-order valence-corrected chi connectivity index (χ4v) is 7.09. The zero-order chi connectivity index (χ0) is 17.3. The number of para-hydroxylation sites is 1. The molecule has 24 heavy (non-hydrogen) atoms. The van der Waals surface area contributed by atoms with Crippen molar-refractivity contribution in [1.29, 1.82) is 0 Å². The average Bonchev–Trinajstić information content (AvgIpc) is 2.97. The molecule has 0 spiro atoms. The Labute approximate surface area is 147 Å². The second-order valence-electron chi connectivity index (χ2n) is 6.35. The molecule has 0 saturated carbocycles. The standard InChI is InChI=1S/C17H22N2O3S2/c1-3-4-9-16(20)18-17-19(13-8-6-5-7-12(13)2)14-10-24(21,22)11-15(14)23-17/h5-8,14-15H,3-4,9-11H2,1-2H3/t14-,15-/m1/s1. The van der Waals surface area contributed by atoms with Gasteiger partial charge < -0.3 is 4.90 Å². The highest BCUT2D eigenvalue weighted by Crippen LogP contribution is 2.41. The lowest BCUT2D eigenvalue weighted by atomic mass is 10.1. The van der Waals surface area contributed by atoms with Crippen molar-refractivity contribution in [1.82, 2.24) is 0 Å². The molecule has 2 aliphatic heterocycles. The molecule has 5 nitrogen and oxygen atoms in total. The van der Waals surface area contributed by atoms with E-state index in [9.17, 15) is 13.2 Å². The minimum absolute atomic E-state index is 0.0488. The van der Waals surface area contributed by atoms with Gasteiger partial charge in [0.1, 0.15) is 0 Å². The molecule has 0 unspecified atom stereocenters. The Morgan fingerprint density at radius 2 is 2.08 bits per heavy atom. The summed E-state index contributed by atoms with van der Waals surface area (Å²) in [5.74, 6) is 0.161. The first-order valence-corrected chi connectivity index (χ1v) is 10.9. The first-order chi connectivity index (χ1) is 11.4. The number of hydrogen-bond acceptors (Lipinski definition) is 4. The van der Waals surface area contributed by atoms with Crippen molar-refractivity contribution >= 4 is 38.4 Å². The molecule has 2 fully saturated rings. The van der Waals surface area contributed by atoms with Gasteiger partial charge in [-0.3, -0.25) is 4.79 Å². The zero-order valence-electron chi connectivity index (χ0n) is 13.9. The Kier molecular flexibility index (Phi) is 5.01. The summed E-state index contributed by atoms with van der Waals surface area (Å²) in [7, 11) is -3.03. The lowest BCUT2D eigenvalue weighted by molar-refractivity contribution is -0.117. The maximum atomic E-state index is 12.1. The number of amides is 1. The largest absolute Gasteiger partial charge is 0.315 e. The second kappa shape index (κ2) is 6.88. The van der Waals surface area contributed by atoms with Crippen LogP contribution in [-0.4, -0.2) is 42.3 Å². The Morgan fingerprint density at radius 3 is 2.79 bits per heavy atom. The second-order valence-corrected chi connectivity index (χ2v) is 9.71. The van der Waals surface area contributed by atoms with E-state index in [4.69, 9.17) is 0 Å². The maximum absolute atomic E-state index is 12.1. The molecule has 2 aliphatic rings. The highest BCUT2D eigenvalue weighted by molar-refractivity contribution is 8.16. The number of nitrogens with zero attached hydrogens (tertiary/aromatic N) is 2. The van der Waals surface area contributed by atoms with Crippen LogP contribution in [0.4, 0.5) is 5.69 Å². The van der Waals surface area contributed by atoms with Gasteiger partial charge in [-0.2, -0.15) is 4.99 Å². The van der Waals surface area contributed by atoms with Gasteiger partial charge in [-0.15, -0.1) is 0 Å². The van der Waals surface area contributed by atoms with E-state index >= 15 is 0 Å². The Bertz CT molecular complexity index is 774. The van der Waals surface area contributed by atoms with Gasteiger partial charge in [0.25, 0.3) is 0 Å². The molecule has 0 N–H and O–H groups in total. The minimum Gasteiger partial charge on any atom is -0.315 e. The van der Waals surface area contributed by atoms with Crippen molar-refractivity contribution in [2.24, 2.45) is 4.99 Å².